The Morgan fingerprint density at radius 3 is 1.52 bits per heavy atom. The van der Waals surface area contributed by atoms with Crippen LogP contribution in [0.2, 0.25) is 0 Å². The van der Waals surface area contributed by atoms with E-state index in [1.54, 1.807) is 12.1 Å². The molecule has 0 fully saturated rings. The maximum Gasteiger partial charge on any atom is 0.340 e. The summed E-state index contributed by atoms with van der Waals surface area (Å²) in [5.74, 6) is 0. The fourth-order valence-corrected chi connectivity index (χ4v) is 3.87. The molecule has 0 atom stereocenters. The average Bonchev–Trinajstić information content (AvgIpc) is 2.56. The highest BCUT2D eigenvalue weighted by Crippen LogP contribution is 2.18. The Labute approximate surface area is 149 Å². The van der Waals surface area contributed by atoms with Gasteiger partial charge in [-0.25, -0.2) is 6.14 Å². The summed E-state index contributed by atoms with van der Waals surface area (Å²) in [6.45, 7) is 2.27. The summed E-state index contributed by atoms with van der Waals surface area (Å²) < 4.78 is 22.3. The average molecular weight is 432 g/mol. The third kappa shape index (κ3) is 10.9. The standard InChI is InChI=1S/C20H33IO2/c1-2-3-4-5-6-7-8-9-10-11-12-13-14-19-15-17-20(18-16-19)21(22)23/h15-18H,2-14H2,1H3. The minimum Gasteiger partial charge on any atom is -0.230 e. The van der Waals surface area contributed by atoms with E-state index in [0.29, 0.717) is 3.57 Å². The van der Waals surface area contributed by atoms with Crippen LogP contribution in [-0.4, -0.2) is 0 Å². The third-order valence-corrected chi connectivity index (χ3v) is 6.15. The Kier molecular flexibility index (Phi) is 12.5. The number of halogens is 1. The van der Waals surface area contributed by atoms with Gasteiger partial charge in [0, 0.05) is 0 Å². The first-order valence-electron chi connectivity index (χ1n) is 9.38. The van der Waals surface area contributed by atoms with Gasteiger partial charge in [0.05, 0.1) is 3.57 Å². The summed E-state index contributed by atoms with van der Waals surface area (Å²) >= 11 is -3.27. The van der Waals surface area contributed by atoms with Crippen molar-refractivity contribution in [2.45, 2.75) is 90.4 Å². The SMILES string of the molecule is CCCCCCCCCCCCCCc1ccc(I(=O)=O)cc1. The Bertz CT molecular complexity index is 455. The number of hydrogen-bond donors (Lipinski definition) is 0. The van der Waals surface area contributed by atoms with Crippen molar-refractivity contribution in [1.29, 1.82) is 0 Å². The van der Waals surface area contributed by atoms with Crippen LogP contribution >= 0.6 is 19.8 Å². The molecule has 132 valence electrons. The first kappa shape index (κ1) is 20.6. The van der Waals surface area contributed by atoms with Crippen molar-refractivity contribution in [2.24, 2.45) is 0 Å². The van der Waals surface area contributed by atoms with Crippen LogP contribution in [0.4, 0.5) is 0 Å². The van der Waals surface area contributed by atoms with Gasteiger partial charge in [0.1, 0.15) is 0 Å². The summed E-state index contributed by atoms with van der Waals surface area (Å²) in [4.78, 5) is 0. The molecular formula is C20H33IO2. The minimum absolute atomic E-state index is 0.507. The first-order valence-corrected chi connectivity index (χ1v) is 12.2. The maximum atomic E-state index is 10.9. The highest BCUT2D eigenvalue weighted by atomic mass is 127. The normalized spacial score (nSPS) is 11.2. The Morgan fingerprint density at radius 2 is 1.09 bits per heavy atom. The molecule has 0 aliphatic carbocycles. The quantitative estimate of drug-likeness (QED) is 0.228. The van der Waals surface area contributed by atoms with Crippen LogP contribution in [0.5, 0.6) is 0 Å². The monoisotopic (exact) mass is 432 g/mol. The smallest absolute Gasteiger partial charge is 0.230 e. The van der Waals surface area contributed by atoms with Crippen LogP contribution in [0.3, 0.4) is 0 Å². The van der Waals surface area contributed by atoms with Crippen LogP contribution in [0, 0.1) is 3.57 Å². The number of rotatable bonds is 14. The predicted octanol–water partition coefficient (Wildman–Crippen LogP) is 7.30. The molecule has 0 saturated carbocycles. The molecule has 3 heteroatoms. The summed E-state index contributed by atoms with van der Waals surface area (Å²) in [6, 6.07) is 7.43. The van der Waals surface area contributed by atoms with E-state index in [2.05, 4.69) is 6.92 Å². The van der Waals surface area contributed by atoms with E-state index in [4.69, 9.17) is 0 Å². The van der Waals surface area contributed by atoms with E-state index in [-0.39, 0.29) is 0 Å². The van der Waals surface area contributed by atoms with Gasteiger partial charge in [-0.3, -0.25) is 0 Å². The molecule has 1 aromatic rings. The van der Waals surface area contributed by atoms with Gasteiger partial charge in [-0.1, -0.05) is 89.7 Å². The summed E-state index contributed by atoms with van der Waals surface area (Å²) in [5.41, 5.74) is 1.26. The molecule has 0 unspecified atom stereocenters. The lowest BCUT2D eigenvalue weighted by molar-refractivity contribution is 0.544. The third-order valence-electron chi connectivity index (χ3n) is 4.41. The topological polar surface area (TPSA) is 34.1 Å². The molecule has 0 amide bonds. The lowest BCUT2D eigenvalue weighted by Crippen LogP contribution is -1.87. The van der Waals surface area contributed by atoms with Crippen LogP contribution < -0.4 is 0 Å². The number of benzene rings is 1. The van der Waals surface area contributed by atoms with Gasteiger partial charge in [-0.15, -0.1) is 0 Å². The van der Waals surface area contributed by atoms with E-state index in [1.807, 2.05) is 12.1 Å². The molecule has 0 aliphatic heterocycles. The van der Waals surface area contributed by atoms with Gasteiger partial charge in [0.15, 0.2) is 0 Å². The zero-order valence-electron chi connectivity index (χ0n) is 14.7. The zero-order chi connectivity index (χ0) is 16.8. The number of unbranched alkanes of at least 4 members (excludes halogenated alkanes) is 11. The number of aryl methyl sites for hydroxylation is 1. The first-order chi connectivity index (χ1) is 11.2. The van der Waals surface area contributed by atoms with Crippen molar-refractivity contribution in [2.75, 3.05) is 0 Å². The van der Waals surface area contributed by atoms with Crippen molar-refractivity contribution < 1.29 is 6.14 Å². The largest absolute Gasteiger partial charge is 0.340 e. The lowest BCUT2D eigenvalue weighted by atomic mass is 10.0. The molecule has 23 heavy (non-hydrogen) atoms. The van der Waals surface area contributed by atoms with Gasteiger partial charge in [-0.05, 0) is 30.5 Å². The van der Waals surface area contributed by atoms with E-state index >= 15 is 0 Å². The van der Waals surface area contributed by atoms with Crippen LogP contribution in [0.1, 0.15) is 89.5 Å². The molecule has 1 aromatic carbocycles. The molecule has 2 nitrogen and oxygen atoms in total. The van der Waals surface area contributed by atoms with Crippen LogP contribution in [-0.2, 0) is 12.6 Å². The molecule has 0 spiro atoms. The number of hydrogen-bond acceptors (Lipinski definition) is 2. The lowest BCUT2D eigenvalue weighted by Gasteiger charge is -2.03. The zero-order valence-corrected chi connectivity index (χ0v) is 16.9. The molecule has 0 aromatic heterocycles. The molecule has 0 radical (unpaired) electrons. The predicted molar refractivity (Wildman–Crippen MR) is 105 cm³/mol. The fourth-order valence-electron chi connectivity index (χ4n) is 2.92. The second-order valence-electron chi connectivity index (χ2n) is 6.48. The van der Waals surface area contributed by atoms with E-state index in [1.165, 1.54) is 82.6 Å². The summed E-state index contributed by atoms with van der Waals surface area (Å²) in [5, 5.41) is 0. The second kappa shape index (κ2) is 13.9. The van der Waals surface area contributed by atoms with Crippen molar-refractivity contribution >= 4 is 19.8 Å². The Morgan fingerprint density at radius 1 is 0.652 bits per heavy atom. The van der Waals surface area contributed by atoms with Gasteiger partial charge >= 0.3 is 19.8 Å². The molecular weight excluding hydrogens is 399 g/mol. The van der Waals surface area contributed by atoms with Crippen molar-refractivity contribution in [3.05, 3.63) is 33.4 Å². The van der Waals surface area contributed by atoms with E-state index in [9.17, 15) is 6.14 Å². The second-order valence-corrected chi connectivity index (χ2v) is 8.97. The molecule has 0 aliphatic rings. The fraction of sp³-hybridized carbons (Fsp3) is 0.700. The molecule has 0 N–H and O–H groups in total. The highest BCUT2D eigenvalue weighted by molar-refractivity contribution is 14.2. The highest BCUT2D eigenvalue weighted by Gasteiger charge is 1.99. The van der Waals surface area contributed by atoms with E-state index < -0.39 is 19.8 Å². The summed E-state index contributed by atoms with van der Waals surface area (Å²) in [7, 11) is 0. The maximum absolute atomic E-state index is 10.9. The summed E-state index contributed by atoms with van der Waals surface area (Å²) in [6.07, 6.45) is 17.5. The minimum atomic E-state index is -3.27. The Balaban J connectivity index is 1.91. The molecule has 1 rings (SSSR count). The van der Waals surface area contributed by atoms with Crippen LogP contribution in [0.25, 0.3) is 0 Å². The van der Waals surface area contributed by atoms with Crippen molar-refractivity contribution in [3.8, 4) is 0 Å². The van der Waals surface area contributed by atoms with Gasteiger partial charge in [-0.2, -0.15) is 0 Å². The van der Waals surface area contributed by atoms with Gasteiger partial charge in [0.25, 0.3) is 0 Å². The molecule has 0 saturated heterocycles. The van der Waals surface area contributed by atoms with Gasteiger partial charge < -0.3 is 0 Å². The van der Waals surface area contributed by atoms with Gasteiger partial charge in [0.2, 0.25) is 0 Å². The van der Waals surface area contributed by atoms with Crippen LogP contribution in [0.15, 0.2) is 24.3 Å². The molecule has 0 heterocycles. The van der Waals surface area contributed by atoms with E-state index in [0.717, 1.165) is 6.42 Å². The Hall–Kier alpha value is -0.450. The molecule has 0 bridgehead atoms. The van der Waals surface area contributed by atoms with Crippen molar-refractivity contribution in [1.82, 2.24) is 0 Å². The van der Waals surface area contributed by atoms with Crippen molar-refractivity contribution in [3.63, 3.8) is 0 Å².